The van der Waals surface area contributed by atoms with Gasteiger partial charge in [0.2, 0.25) is 0 Å². The molecule has 0 saturated carbocycles. The predicted molar refractivity (Wildman–Crippen MR) is 402 cm³/mol. The van der Waals surface area contributed by atoms with Crippen molar-refractivity contribution in [2.24, 2.45) is 0 Å². The molecule has 0 radical (unpaired) electrons. The van der Waals surface area contributed by atoms with Gasteiger partial charge in [-0.3, -0.25) is 0 Å². The molecule has 0 unspecified atom stereocenters. The van der Waals surface area contributed by atoms with Crippen LogP contribution in [0.4, 0.5) is 0 Å². The summed E-state index contributed by atoms with van der Waals surface area (Å²) >= 11 is 0. The van der Waals surface area contributed by atoms with Gasteiger partial charge in [0.05, 0.1) is 22.3 Å². The van der Waals surface area contributed by atoms with Crippen LogP contribution in [0.3, 0.4) is 0 Å². The van der Waals surface area contributed by atoms with Gasteiger partial charge in [-0.1, -0.05) is 177 Å². The number of benzene rings is 6. The van der Waals surface area contributed by atoms with Crippen molar-refractivity contribution in [3.05, 3.63) is 229 Å². The first-order chi connectivity index (χ1) is 45.3. The van der Waals surface area contributed by atoms with Gasteiger partial charge in [0.1, 0.15) is 28.6 Å². The van der Waals surface area contributed by atoms with Crippen LogP contribution in [-0.4, -0.2) is 78.3 Å². The third kappa shape index (κ3) is 25.2. The highest BCUT2D eigenvalue weighted by molar-refractivity contribution is 7.00. The summed E-state index contributed by atoms with van der Waals surface area (Å²) < 4.78 is 44.1. The Morgan fingerprint density at radius 2 is 0.586 bits per heavy atom. The van der Waals surface area contributed by atoms with E-state index in [9.17, 15) is 38.4 Å². The van der Waals surface area contributed by atoms with Gasteiger partial charge < -0.3 is 37.0 Å². The largest absolute Gasteiger partial charge is 0.516 e. The van der Waals surface area contributed by atoms with Gasteiger partial charge in [0.25, 0.3) is 16.6 Å². The highest BCUT2D eigenvalue weighted by atomic mass is 28.4. The second kappa shape index (κ2) is 37.0. The molecule has 99 heavy (non-hydrogen) atoms. The van der Waals surface area contributed by atoms with Gasteiger partial charge in [-0.05, 0) is 196 Å². The number of ether oxygens (including phenoxy) is 5. The first-order valence-electron chi connectivity index (χ1n) is 32.3. The SMILES string of the molecule is C.C=C(C)C(=O)Oc1ccc(C(=O)OC(C)(C)C)cc1.C=C(C)C(=O)Oc1ccc(C(=O)O[Si](C(C)C)(C(C)C)C(C)C)cc1.C=C(C)C(=O)Oc1ccc(C(=O)O[Si](C)(C)C(C)(C)C)cc1.C=C(C)C(=O)Oc1ccc(C(=O)O[Si](c2ccccc2)(c2ccccc2)C(C)(C)C)cc1. The Morgan fingerprint density at radius 1 is 0.343 bits per heavy atom. The average molecular weight is 1410 g/mol. The number of hydrogen-bond acceptors (Lipinski definition) is 16. The zero-order chi connectivity index (χ0) is 74.5. The molecule has 6 aromatic carbocycles. The summed E-state index contributed by atoms with van der Waals surface area (Å²) in [7, 11) is -7.42. The van der Waals surface area contributed by atoms with E-state index in [1.807, 2.05) is 73.8 Å². The molecule has 0 spiro atoms. The van der Waals surface area contributed by atoms with Crippen molar-refractivity contribution in [3.63, 3.8) is 0 Å². The van der Waals surface area contributed by atoms with Crippen molar-refractivity contribution in [2.75, 3.05) is 0 Å². The molecule has 6 aromatic rings. The maximum atomic E-state index is 13.4. The van der Waals surface area contributed by atoms with E-state index in [2.05, 4.69) is 109 Å². The summed E-state index contributed by atoms with van der Waals surface area (Å²) in [5, 5.41) is 1.69. The molecule has 532 valence electrons. The van der Waals surface area contributed by atoms with E-state index >= 15 is 0 Å². The summed E-state index contributed by atoms with van der Waals surface area (Å²) in [6, 6.07) is 45.4. The predicted octanol–water partition coefficient (Wildman–Crippen LogP) is 18.5. The lowest BCUT2D eigenvalue weighted by Crippen LogP contribution is -2.67. The Labute approximate surface area is 591 Å². The van der Waals surface area contributed by atoms with E-state index in [0.717, 1.165) is 10.4 Å². The van der Waals surface area contributed by atoms with E-state index in [0.29, 0.717) is 84.2 Å². The topological polar surface area (TPSA) is 210 Å². The van der Waals surface area contributed by atoms with Crippen molar-refractivity contribution >= 4 is 83.1 Å². The molecule has 0 aromatic heterocycles. The standard InChI is InChI=1S/C27H28O4Si.C20H30O4Si.C17H24O4Si.C15H18O4.CH4/c1-20(2)25(28)30-22-18-16-21(17-19-22)26(29)31-32(27(3,4)5,23-12-8-6-9-13-23)24-14-10-7-11-15-24;1-13(2)19(21)23-18-11-9-17(10-12-18)20(22)24-25(14(3)4,15(5)6)16(7)8;1-12(2)15(18)20-14-10-8-13(9-11-14)16(19)21-22(6,7)17(3,4)5;1-10(2)13(16)18-12-8-6-11(7-9-12)14(17)19-15(3,4)5;/h6-19H,1H2,2-5H3;9-12,14-16H,1H2,2-8H3;8-11H,1H2,2-7H3;6-9H,1H2,2-5H3;1H4. The van der Waals surface area contributed by atoms with Crippen LogP contribution in [0.5, 0.6) is 23.0 Å². The molecule has 0 heterocycles. The van der Waals surface area contributed by atoms with Crippen LogP contribution in [0.25, 0.3) is 0 Å². The lowest BCUT2D eigenvalue weighted by Gasteiger charge is -2.42. The van der Waals surface area contributed by atoms with Gasteiger partial charge in [0.15, 0.2) is 0 Å². The van der Waals surface area contributed by atoms with Crippen molar-refractivity contribution in [1.29, 1.82) is 0 Å². The maximum absolute atomic E-state index is 13.4. The van der Waals surface area contributed by atoms with E-state index in [1.54, 1.807) is 146 Å². The molecule has 0 amide bonds. The van der Waals surface area contributed by atoms with Crippen LogP contribution in [0.15, 0.2) is 206 Å². The monoisotopic (exact) mass is 1400 g/mol. The Balaban J connectivity index is 0.000000456. The molecular weight excluding hydrogens is 1300 g/mol. The van der Waals surface area contributed by atoms with Crippen molar-refractivity contribution in [3.8, 4) is 23.0 Å². The molecule has 6 rings (SSSR count). The molecule has 0 saturated heterocycles. The lowest BCUT2D eigenvalue weighted by atomic mass is 10.1. The summed E-state index contributed by atoms with van der Waals surface area (Å²) in [5.74, 6) is -1.98. The second-order valence-electron chi connectivity index (χ2n) is 28.2. The highest BCUT2D eigenvalue weighted by Crippen LogP contribution is 2.43. The zero-order valence-electron chi connectivity index (χ0n) is 61.1. The number of esters is 5. The third-order valence-electron chi connectivity index (χ3n) is 15.8. The minimum atomic E-state index is -3.00. The van der Waals surface area contributed by atoms with Gasteiger partial charge >= 0.3 is 56.1 Å². The van der Waals surface area contributed by atoms with Crippen LogP contribution in [0.2, 0.25) is 39.8 Å². The Kier molecular flexibility index (Phi) is 32.1. The minimum Gasteiger partial charge on any atom is -0.516 e. The first-order valence-corrected chi connectivity index (χ1v) is 39.2. The fourth-order valence-electron chi connectivity index (χ4n) is 9.61. The molecule has 0 bridgehead atoms. The molecule has 0 aliphatic rings. The first kappa shape index (κ1) is 85.8. The number of hydrogen-bond donors (Lipinski definition) is 0. The van der Waals surface area contributed by atoms with Gasteiger partial charge in [-0.15, -0.1) is 0 Å². The molecule has 19 heteroatoms. The number of carbonyl (C=O) groups is 8. The normalized spacial score (nSPS) is 11.4. The van der Waals surface area contributed by atoms with Crippen LogP contribution in [0, 0.1) is 0 Å². The quantitative estimate of drug-likeness (QED) is 0.0301. The highest BCUT2D eigenvalue weighted by Gasteiger charge is 2.53. The zero-order valence-corrected chi connectivity index (χ0v) is 64.1. The van der Waals surface area contributed by atoms with Gasteiger partial charge in [-0.25, -0.2) is 38.4 Å². The fourth-order valence-corrected chi connectivity index (χ4v) is 20.0. The van der Waals surface area contributed by atoms with Crippen molar-refractivity contribution in [1.82, 2.24) is 0 Å². The van der Waals surface area contributed by atoms with Crippen molar-refractivity contribution < 1.29 is 75.3 Å². The summed E-state index contributed by atoms with van der Waals surface area (Å²) in [6.45, 7) is 55.3. The number of rotatable bonds is 20. The van der Waals surface area contributed by atoms with E-state index < -0.39 is 66.4 Å². The van der Waals surface area contributed by atoms with Crippen LogP contribution < -0.4 is 29.3 Å². The smallest absolute Gasteiger partial charge is 0.338 e. The van der Waals surface area contributed by atoms with Crippen LogP contribution in [-0.2, 0) is 37.2 Å². The van der Waals surface area contributed by atoms with Crippen LogP contribution >= 0.6 is 0 Å². The molecule has 0 atom stereocenters. The molecule has 0 N–H and O–H groups in total. The van der Waals surface area contributed by atoms with Gasteiger partial charge in [0, 0.05) is 22.3 Å². The van der Waals surface area contributed by atoms with Crippen molar-refractivity contribution in [2.45, 2.75) is 184 Å². The molecule has 16 nitrogen and oxygen atoms in total. The molecule has 0 aliphatic heterocycles. The second-order valence-corrected chi connectivity index (χ2v) is 42.5. The summed E-state index contributed by atoms with van der Waals surface area (Å²) in [4.78, 5) is 96.1. The minimum absolute atomic E-state index is 0. The third-order valence-corrected chi connectivity index (χ3v) is 30.9. The molecule has 0 fully saturated rings. The Morgan fingerprint density at radius 3 is 0.808 bits per heavy atom. The Bertz CT molecular complexity index is 3710. The van der Waals surface area contributed by atoms with E-state index in [-0.39, 0.29) is 29.4 Å². The van der Waals surface area contributed by atoms with Gasteiger partial charge in [-0.2, -0.15) is 0 Å². The Hall–Kier alpha value is -9.31. The summed E-state index contributed by atoms with van der Waals surface area (Å²) in [5.41, 5.74) is 3.42. The lowest BCUT2D eigenvalue weighted by molar-refractivity contribution is -0.130. The molecule has 0 aliphatic carbocycles. The summed E-state index contributed by atoms with van der Waals surface area (Å²) in [6.07, 6.45) is 0. The molecular formula is C80H104O16Si3. The van der Waals surface area contributed by atoms with Crippen LogP contribution in [0.1, 0.15) is 180 Å². The number of carbonyl (C=O) groups excluding carboxylic acids is 8. The maximum Gasteiger partial charge on any atom is 0.338 e. The average Bonchev–Trinajstić information content (AvgIpc) is 0.744. The fraction of sp³-hybridized carbons (Fsp3) is 0.350. The van der Waals surface area contributed by atoms with E-state index in [4.69, 9.17) is 37.0 Å². The van der Waals surface area contributed by atoms with E-state index in [1.165, 1.54) is 0 Å².